The van der Waals surface area contributed by atoms with Gasteiger partial charge in [0, 0.05) is 30.7 Å². The number of aromatic nitrogens is 2. The average molecular weight is 393 g/mol. The Kier molecular flexibility index (Phi) is 6.29. The molecule has 0 aliphatic rings. The second kappa shape index (κ2) is 9.05. The van der Waals surface area contributed by atoms with Crippen LogP contribution in [0.2, 0.25) is 0 Å². The minimum absolute atomic E-state index is 0.0576. The molecule has 0 saturated heterocycles. The van der Waals surface area contributed by atoms with Crippen LogP contribution in [-0.4, -0.2) is 27.3 Å². The van der Waals surface area contributed by atoms with Crippen molar-refractivity contribution in [2.24, 2.45) is 7.05 Å². The Bertz CT molecular complexity index is 995. The van der Waals surface area contributed by atoms with Gasteiger partial charge in [-0.25, -0.2) is 4.98 Å². The van der Waals surface area contributed by atoms with E-state index in [1.54, 1.807) is 61.7 Å². The van der Waals surface area contributed by atoms with E-state index in [1.807, 2.05) is 17.8 Å². The molecular formula is C22H23N3O4. The Hall–Kier alpha value is -3.61. The lowest BCUT2D eigenvalue weighted by molar-refractivity contribution is -0.122. The molecule has 1 unspecified atom stereocenters. The van der Waals surface area contributed by atoms with Crippen LogP contribution in [0.15, 0.2) is 60.9 Å². The van der Waals surface area contributed by atoms with Gasteiger partial charge in [0.05, 0.1) is 0 Å². The molecule has 1 N–H and O–H groups in total. The van der Waals surface area contributed by atoms with E-state index in [-0.39, 0.29) is 11.7 Å². The third-order valence-corrected chi connectivity index (χ3v) is 4.33. The van der Waals surface area contributed by atoms with Gasteiger partial charge >= 0.3 is 0 Å². The first-order valence-corrected chi connectivity index (χ1v) is 9.20. The van der Waals surface area contributed by atoms with Crippen molar-refractivity contribution >= 4 is 17.4 Å². The van der Waals surface area contributed by atoms with Crippen LogP contribution in [0.25, 0.3) is 0 Å². The number of ketones is 1. The van der Waals surface area contributed by atoms with Gasteiger partial charge in [-0.15, -0.1) is 0 Å². The van der Waals surface area contributed by atoms with E-state index < -0.39 is 6.10 Å². The van der Waals surface area contributed by atoms with Gasteiger partial charge in [-0.2, -0.15) is 0 Å². The summed E-state index contributed by atoms with van der Waals surface area (Å²) in [6, 6.07) is 13.8. The van der Waals surface area contributed by atoms with Gasteiger partial charge in [0.2, 0.25) is 0 Å². The van der Waals surface area contributed by atoms with Crippen LogP contribution >= 0.6 is 0 Å². The van der Waals surface area contributed by atoms with Gasteiger partial charge in [0.1, 0.15) is 23.9 Å². The molecule has 0 bridgehead atoms. The standard InChI is InChI=1S/C22H23N3O4/c1-15(26)17-5-4-6-20(13-17)29-16(2)22(27)24-18-7-9-19(10-8-18)28-14-21-23-11-12-25(21)3/h4-13,16H,14H2,1-3H3,(H,24,27). The highest BCUT2D eigenvalue weighted by Crippen LogP contribution is 2.19. The Morgan fingerprint density at radius 2 is 1.90 bits per heavy atom. The normalized spacial score (nSPS) is 11.6. The third-order valence-electron chi connectivity index (χ3n) is 4.33. The smallest absolute Gasteiger partial charge is 0.265 e. The number of benzene rings is 2. The van der Waals surface area contributed by atoms with Crippen molar-refractivity contribution in [1.29, 1.82) is 0 Å². The first-order chi connectivity index (χ1) is 13.9. The van der Waals surface area contributed by atoms with E-state index in [2.05, 4.69) is 10.3 Å². The summed E-state index contributed by atoms with van der Waals surface area (Å²) in [6.07, 6.45) is 2.85. The van der Waals surface area contributed by atoms with Crippen molar-refractivity contribution in [2.45, 2.75) is 26.6 Å². The maximum Gasteiger partial charge on any atom is 0.265 e. The summed E-state index contributed by atoms with van der Waals surface area (Å²) < 4.78 is 13.2. The van der Waals surface area contributed by atoms with E-state index in [0.717, 1.165) is 5.82 Å². The molecule has 0 radical (unpaired) electrons. The van der Waals surface area contributed by atoms with Gasteiger partial charge < -0.3 is 19.4 Å². The fourth-order valence-corrected chi connectivity index (χ4v) is 2.61. The highest BCUT2D eigenvalue weighted by atomic mass is 16.5. The number of hydrogen-bond donors (Lipinski definition) is 1. The summed E-state index contributed by atoms with van der Waals surface area (Å²) in [4.78, 5) is 28.1. The molecule has 1 atom stereocenters. The van der Waals surface area contributed by atoms with Gasteiger partial charge in [0.25, 0.3) is 5.91 Å². The van der Waals surface area contributed by atoms with Crippen molar-refractivity contribution in [3.63, 3.8) is 0 Å². The van der Waals surface area contributed by atoms with Crippen LogP contribution in [0, 0.1) is 0 Å². The van der Waals surface area contributed by atoms with E-state index in [9.17, 15) is 9.59 Å². The van der Waals surface area contributed by atoms with Crippen molar-refractivity contribution < 1.29 is 19.1 Å². The first kappa shape index (κ1) is 20.1. The molecule has 29 heavy (non-hydrogen) atoms. The van der Waals surface area contributed by atoms with Crippen molar-refractivity contribution in [1.82, 2.24) is 9.55 Å². The molecule has 1 aromatic heterocycles. The molecule has 1 amide bonds. The molecule has 1 heterocycles. The minimum atomic E-state index is -0.725. The Morgan fingerprint density at radius 3 is 2.55 bits per heavy atom. The number of Topliss-reactive ketones (excluding diaryl/α,β-unsaturated/α-hetero) is 1. The third kappa shape index (κ3) is 5.44. The number of carbonyl (C=O) groups excluding carboxylic acids is 2. The van der Waals surface area contributed by atoms with Crippen LogP contribution < -0.4 is 14.8 Å². The molecule has 0 aliphatic heterocycles. The molecule has 3 rings (SSSR count). The van der Waals surface area contributed by atoms with Crippen molar-refractivity contribution in [3.8, 4) is 11.5 Å². The predicted molar refractivity (Wildman–Crippen MR) is 109 cm³/mol. The lowest BCUT2D eigenvalue weighted by Crippen LogP contribution is -2.30. The molecule has 0 fully saturated rings. The monoisotopic (exact) mass is 393 g/mol. The van der Waals surface area contributed by atoms with E-state index in [4.69, 9.17) is 9.47 Å². The Morgan fingerprint density at radius 1 is 1.14 bits per heavy atom. The molecule has 0 aliphatic carbocycles. The second-order valence-corrected chi connectivity index (χ2v) is 6.60. The van der Waals surface area contributed by atoms with Crippen molar-refractivity contribution in [3.05, 3.63) is 72.3 Å². The number of aryl methyl sites for hydroxylation is 1. The fraction of sp³-hybridized carbons (Fsp3) is 0.227. The quantitative estimate of drug-likeness (QED) is 0.591. The van der Waals surface area contributed by atoms with Crippen LogP contribution in [0.1, 0.15) is 30.0 Å². The molecule has 150 valence electrons. The average Bonchev–Trinajstić information content (AvgIpc) is 3.12. The second-order valence-electron chi connectivity index (χ2n) is 6.60. The molecule has 0 spiro atoms. The maximum atomic E-state index is 12.4. The molecule has 3 aromatic rings. The number of nitrogens with zero attached hydrogens (tertiary/aromatic N) is 2. The van der Waals surface area contributed by atoms with Crippen LogP contribution in [-0.2, 0) is 18.4 Å². The topological polar surface area (TPSA) is 82.5 Å². The number of anilines is 1. The lowest BCUT2D eigenvalue weighted by Gasteiger charge is -2.15. The number of rotatable bonds is 8. The molecular weight excluding hydrogens is 370 g/mol. The number of carbonyl (C=O) groups is 2. The molecule has 2 aromatic carbocycles. The van der Waals surface area contributed by atoms with Crippen molar-refractivity contribution in [2.75, 3.05) is 5.32 Å². The minimum Gasteiger partial charge on any atom is -0.486 e. The SMILES string of the molecule is CC(=O)c1cccc(OC(C)C(=O)Nc2ccc(OCc3nccn3C)cc2)c1. The van der Waals surface area contributed by atoms with Gasteiger partial charge in [-0.05, 0) is 50.2 Å². The molecule has 7 nitrogen and oxygen atoms in total. The van der Waals surface area contributed by atoms with Crippen LogP contribution in [0.5, 0.6) is 11.5 Å². The predicted octanol–water partition coefficient (Wildman–Crippen LogP) is 3.61. The number of amides is 1. The van der Waals surface area contributed by atoms with Gasteiger partial charge in [-0.1, -0.05) is 12.1 Å². The van der Waals surface area contributed by atoms with Crippen LogP contribution in [0.3, 0.4) is 0 Å². The summed E-state index contributed by atoms with van der Waals surface area (Å²) in [5, 5.41) is 2.80. The summed E-state index contributed by atoms with van der Waals surface area (Å²) in [6.45, 7) is 3.50. The lowest BCUT2D eigenvalue weighted by atomic mass is 10.1. The number of hydrogen-bond acceptors (Lipinski definition) is 5. The zero-order valence-electron chi connectivity index (χ0n) is 16.6. The highest BCUT2D eigenvalue weighted by molar-refractivity contribution is 5.95. The Balaban J connectivity index is 1.53. The number of ether oxygens (including phenoxy) is 2. The van der Waals surface area contributed by atoms with E-state index in [0.29, 0.717) is 29.4 Å². The molecule has 7 heteroatoms. The van der Waals surface area contributed by atoms with E-state index >= 15 is 0 Å². The van der Waals surface area contributed by atoms with Gasteiger partial charge in [-0.3, -0.25) is 9.59 Å². The van der Waals surface area contributed by atoms with Crippen LogP contribution in [0.4, 0.5) is 5.69 Å². The summed E-state index contributed by atoms with van der Waals surface area (Å²) in [7, 11) is 1.91. The summed E-state index contributed by atoms with van der Waals surface area (Å²) >= 11 is 0. The summed E-state index contributed by atoms with van der Waals surface area (Å²) in [5.74, 6) is 1.62. The number of imidazole rings is 1. The zero-order valence-corrected chi connectivity index (χ0v) is 16.6. The van der Waals surface area contributed by atoms with Gasteiger partial charge in [0.15, 0.2) is 11.9 Å². The molecule has 0 saturated carbocycles. The number of nitrogens with one attached hydrogen (secondary N) is 1. The largest absolute Gasteiger partial charge is 0.486 e. The zero-order chi connectivity index (χ0) is 20.8. The first-order valence-electron chi connectivity index (χ1n) is 9.20. The Labute approximate surface area is 169 Å². The highest BCUT2D eigenvalue weighted by Gasteiger charge is 2.15. The summed E-state index contributed by atoms with van der Waals surface area (Å²) in [5.41, 5.74) is 1.17. The fourth-order valence-electron chi connectivity index (χ4n) is 2.61. The van der Waals surface area contributed by atoms with E-state index in [1.165, 1.54) is 6.92 Å². The maximum absolute atomic E-state index is 12.4.